The molecular weight excluding hydrogens is 402 g/mol. The number of anilines is 1. The van der Waals surface area contributed by atoms with Gasteiger partial charge in [-0.05, 0) is 30.5 Å². The summed E-state index contributed by atoms with van der Waals surface area (Å²) in [6, 6.07) is 4.43. The van der Waals surface area contributed by atoms with E-state index in [-0.39, 0.29) is 24.3 Å². The summed E-state index contributed by atoms with van der Waals surface area (Å²) < 4.78 is 29.7. The van der Waals surface area contributed by atoms with Gasteiger partial charge in [-0.2, -0.15) is 5.10 Å². The number of aromatic nitrogens is 4. The number of piperidine rings is 1. The van der Waals surface area contributed by atoms with Crippen LogP contribution in [0.15, 0.2) is 43.0 Å². The predicted molar refractivity (Wildman–Crippen MR) is 113 cm³/mol. The summed E-state index contributed by atoms with van der Waals surface area (Å²) in [5.74, 6) is -1.91. The highest BCUT2D eigenvalue weighted by Crippen LogP contribution is 2.41. The van der Waals surface area contributed by atoms with Gasteiger partial charge in [0.15, 0.2) is 0 Å². The van der Waals surface area contributed by atoms with Crippen molar-refractivity contribution in [3.8, 4) is 28.1 Å². The topological polar surface area (TPSA) is 79.1 Å². The van der Waals surface area contributed by atoms with Gasteiger partial charge in [-0.1, -0.05) is 6.07 Å². The van der Waals surface area contributed by atoms with Crippen LogP contribution >= 0.6 is 0 Å². The van der Waals surface area contributed by atoms with Crippen LogP contribution in [0.25, 0.3) is 22.4 Å². The van der Waals surface area contributed by atoms with Crippen LogP contribution in [0, 0.1) is 0 Å². The Hall–Kier alpha value is -3.07. The van der Waals surface area contributed by atoms with E-state index in [1.165, 1.54) is 0 Å². The molecule has 2 aliphatic rings. The number of aryl methyl sites for hydroxylation is 1. The summed E-state index contributed by atoms with van der Waals surface area (Å²) in [5, 5.41) is 17.7. The Kier molecular flexibility index (Phi) is 4.65. The fourth-order valence-corrected chi connectivity index (χ4v) is 4.67. The lowest BCUT2D eigenvalue weighted by atomic mass is 9.98. The molecule has 5 rings (SSSR count). The second kappa shape index (κ2) is 7.26. The first-order chi connectivity index (χ1) is 14.8. The molecule has 0 spiro atoms. The van der Waals surface area contributed by atoms with Crippen molar-refractivity contribution < 1.29 is 13.9 Å². The maximum atomic E-state index is 14.0. The Morgan fingerprint density at radius 1 is 1.16 bits per heavy atom. The van der Waals surface area contributed by atoms with E-state index >= 15 is 0 Å². The standard InChI is InChI=1S/C22H24F2N6O/c1-29-12-14(9-27-29)13-3-4-17(19(31)5-13)18-10-26-21(11-25-18)30(2)16-6-15-8-22(23,24)20(7-16)28-15/h3-5,9-12,15-16,20,28,31H,6-8H2,1-2H3/t15?,16-,20?/m0/s1. The minimum Gasteiger partial charge on any atom is -0.507 e. The van der Waals surface area contributed by atoms with Crippen LogP contribution < -0.4 is 10.2 Å². The van der Waals surface area contributed by atoms with Crippen molar-refractivity contribution in [3.05, 3.63) is 43.0 Å². The third-order valence-electron chi connectivity index (χ3n) is 6.39. The number of benzene rings is 1. The SMILES string of the molecule is CN(c1cnc(-c2ccc(-c3cnn(C)c3)cc2O)cn1)[C@H]1CC2CC(F)(F)C(C1)N2. The summed E-state index contributed by atoms with van der Waals surface area (Å²) >= 11 is 0. The number of phenolic OH excluding ortho intramolecular Hbond substituents is 1. The van der Waals surface area contributed by atoms with E-state index in [2.05, 4.69) is 20.4 Å². The van der Waals surface area contributed by atoms with Crippen LogP contribution in [0.2, 0.25) is 0 Å². The molecule has 2 bridgehead atoms. The van der Waals surface area contributed by atoms with Crippen molar-refractivity contribution in [2.24, 2.45) is 7.05 Å². The van der Waals surface area contributed by atoms with E-state index in [1.807, 2.05) is 31.3 Å². The van der Waals surface area contributed by atoms with Crippen molar-refractivity contribution in [1.82, 2.24) is 25.1 Å². The van der Waals surface area contributed by atoms with Crippen molar-refractivity contribution in [1.29, 1.82) is 0 Å². The van der Waals surface area contributed by atoms with Crippen LogP contribution in [0.4, 0.5) is 14.6 Å². The number of alkyl halides is 2. The number of phenols is 1. The number of aromatic hydroxyl groups is 1. The first kappa shape index (κ1) is 19.9. The average Bonchev–Trinajstić information content (AvgIpc) is 3.27. The molecule has 2 saturated heterocycles. The molecule has 9 heteroatoms. The molecule has 2 aromatic heterocycles. The van der Waals surface area contributed by atoms with Gasteiger partial charge < -0.3 is 15.3 Å². The lowest BCUT2D eigenvalue weighted by molar-refractivity contribution is -0.0128. The van der Waals surface area contributed by atoms with Crippen LogP contribution in [0.1, 0.15) is 19.3 Å². The van der Waals surface area contributed by atoms with Gasteiger partial charge in [0.2, 0.25) is 0 Å². The van der Waals surface area contributed by atoms with Crippen LogP contribution in [-0.4, -0.2) is 56.0 Å². The highest BCUT2D eigenvalue weighted by atomic mass is 19.3. The predicted octanol–water partition coefficient (Wildman–Crippen LogP) is 3.21. The third-order valence-corrected chi connectivity index (χ3v) is 6.39. The highest BCUT2D eigenvalue weighted by Gasteiger charge is 2.53. The number of fused-ring (bicyclic) bond motifs is 2. The Morgan fingerprint density at radius 3 is 2.65 bits per heavy atom. The lowest BCUT2D eigenvalue weighted by Crippen LogP contribution is -2.49. The number of hydrogen-bond donors (Lipinski definition) is 2. The Labute approximate surface area is 178 Å². The largest absolute Gasteiger partial charge is 0.507 e. The number of nitrogens with one attached hydrogen (secondary N) is 1. The third kappa shape index (κ3) is 3.63. The molecule has 2 aliphatic heterocycles. The van der Waals surface area contributed by atoms with Crippen molar-refractivity contribution in [2.45, 2.75) is 43.3 Å². The molecule has 31 heavy (non-hydrogen) atoms. The van der Waals surface area contributed by atoms with Gasteiger partial charge in [0.05, 0.1) is 30.3 Å². The van der Waals surface area contributed by atoms with E-state index < -0.39 is 12.0 Å². The van der Waals surface area contributed by atoms with Gasteiger partial charge in [-0.15, -0.1) is 0 Å². The van der Waals surface area contributed by atoms with Crippen molar-refractivity contribution >= 4 is 5.82 Å². The Morgan fingerprint density at radius 2 is 2.00 bits per heavy atom. The van der Waals surface area contributed by atoms with E-state index in [0.29, 0.717) is 29.9 Å². The molecule has 0 amide bonds. The van der Waals surface area contributed by atoms with E-state index in [9.17, 15) is 13.9 Å². The molecule has 0 aliphatic carbocycles. The van der Waals surface area contributed by atoms with E-state index in [4.69, 9.17) is 0 Å². The minimum absolute atomic E-state index is 0.0167. The number of hydrogen-bond acceptors (Lipinski definition) is 6. The maximum absolute atomic E-state index is 14.0. The molecule has 4 heterocycles. The highest BCUT2D eigenvalue weighted by molar-refractivity contribution is 5.73. The second-order valence-electron chi connectivity index (χ2n) is 8.51. The molecular formula is C22H24F2N6O. The normalized spacial score (nSPS) is 24.3. The van der Waals surface area contributed by atoms with Gasteiger partial charge >= 0.3 is 0 Å². The van der Waals surface area contributed by atoms with Crippen molar-refractivity contribution in [3.63, 3.8) is 0 Å². The van der Waals surface area contributed by atoms with Crippen LogP contribution in [-0.2, 0) is 7.05 Å². The number of nitrogens with zero attached hydrogens (tertiary/aromatic N) is 5. The Balaban J connectivity index is 1.33. The molecule has 7 nitrogen and oxygen atoms in total. The average molecular weight is 426 g/mol. The lowest BCUT2D eigenvalue weighted by Gasteiger charge is -2.36. The molecule has 162 valence electrons. The molecule has 2 N–H and O–H groups in total. The van der Waals surface area contributed by atoms with Gasteiger partial charge in [-0.25, -0.2) is 13.8 Å². The molecule has 0 radical (unpaired) electrons. The molecule has 2 unspecified atom stereocenters. The zero-order valence-electron chi connectivity index (χ0n) is 17.3. The molecule has 3 aromatic rings. The van der Waals surface area contributed by atoms with Gasteiger partial charge in [0.1, 0.15) is 11.6 Å². The van der Waals surface area contributed by atoms with Gasteiger partial charge in [0, 0.05) is 49.9 Å². The van der Waals surface area contributed by atoms with Crippen molar-refractivity contribution in [2.75, 3.05) is 11.9 Å². The smallest absolute Gasteiger partial charge is 0.264 e. The van der Waals surface area contributed by atoms with E-state index in [1.54, 1.807) is 35.4 Å². The second-order valence-corrected chi connectivity index (χ2v) is 8.51. The molecule has 2 fully saturated rings. The van der Waals surface area contributed by atoms with E-state index in [0.717, 1.165) is 11.1 Å². The first-order valence-electron chi connectivity index (χ1n) is 10.3. The number of rotatable bonds is 4. The summed E-state index contributed by atoms with van der Waals surface area (Å²) in [7, 11) is 3.71. The molecule has 3 atom stereocenters. The Bertz CT molecular complexity index is 1100. The van der Waals surface area contributed by atoms with Crippen LogP contribution in [0.3, 0.4) is 0 Å². The van der Waals surface area contributed by atoms with Crippen LogP contribution in [0.5, 0.6) is 5.75 Å². The first-order valence-corrected chi connectivity index (χ1v) is 10.3. The maximum Gasteiger partial charge on any atom is 0.264 e. The summed E-state index contributed by atoms with van der Waals surface area (Å²) in [5.41, 5.74) is 2.89. The fourth-order valence-electron chi connectivity index (χ4n) is 4.67. The zero-order valence-corrected chi connectivity index (χ0v) is 17.3. The number of halogens is 2. The molecule has 1 aromatic carbocycles. The molecule has 0 saturated carbocycles. The minimum atomic E-state index is -2.64. The summed E-state index contributed by atoms with van der Waals surface area (Å²) in [6.45, 7) is 0. The quantitative estimate of drug-likeness (QED) is 0.667. The fraction of sp³-hybridized carbons (Fsp3) is 0.409. The van der Waals surface area contributed by atoms with Gasteiger partial charge in [-0.3, -0.25) is 9.67 Å². The summed E-state index contributed by atoms with van der Waals surface area (Å²) in [6.07, 6.45) is 7.79. The monoisotopic (exact) mass is 426 g/mol. The summed E-state index contributed by atoms with van der Waals surface area (Å²) in [4.78, 5) is 10.9. The zero-order chi connectivity index (χ0) is 21.8. The van der Waals surface area contributed by atoms with Gasteiger partial charge in [0.25, 0.3) is 5.92 Å².